The van der Waals surface area contributed by atoms with Crippen LogP contribution in [0.2, 0.25) is 0 Å². The van der Waals surface area contributed by atoms with Crippen molar-refractivity contribution in [1.82, 2.24) is 4.57 Å². The average Bonchev–Trinajstić information content (AvgIpc) is 3.07. The van der Waals surface area contributed by atoms with Crippen molar-refractivity contribution in [1.29, 1.82) is 0 Å². The van der Waals surface area contributed by atoms with E-state index in [4.69, 9.17) is 9.47 Å². The van der Waals surface area contributed by atoms with Crippen molar-refractivity contribution in [3.05, 3.63) is 78.5 Å². The van der Waals surface area contributed by atoms with Crippen LogP contribution in [0.1, 0.15) is 16.1 Å². The number of methoxy groups -OCH3 is 2. The van der Waals surface area contributed by atoms with Crippen molar-refractivity contribution >= 4 is 12.0 Å². The van der Waals surface area contributed by atoms with Crippen LogP contribution in [-0.4, -0.2) is 24.8 Å². The Bertz CT molecular complexity index is 893. The number of para-hydroxylation sites is 1. The van der Waals surface area contributed by atoms with Gasteiger partial charge in [0.1, 0.15) is 5.75 Å². The monoisotopic (exact) mass is 333 g/mol. The van der Waals surface area contributed by atoms with Gasteiger partial charge in [-0.2, -0.15) is 0 Å². The molecule has 0 aliphatic heterocycles. The molecule has 25 heavy (non-hydrogen) atoms. The van der Waals surface area contributed by atoms with Crippen LogP contribution in [0.5, 0.6) is 5.75 Å². The Morgan fingerprint density at radius 1 is 1.04 bits per heavy atom. The smallest absolute Gasteiger partial charge is 0.340 e. The van der Waals surface area contributed by atoms with E-state index >= 15 is 0 Å². The topological polar surface area (TPSA) is 40.5 Å². The van der Waals surface area contributed by atoms with Gasteiger partial charge in [-0.25, -0.2) is 4.79 Å². The number of rotatable bonds is 5. The summed E-state index contributed by atoms with van der Waals surface area (Å²) in [6.07, 6.45) is 1.73. The second kappa shape index (κ2) is 7.09. The van der Waals surface area contributed by atoms with Crippen LogP contribution in [0.4, 0.5) is 0 Å². The maximum atomic E-state index is 12.3. The van der Waals surface area contributed by atoms with Crippen molar-refractivity contribution < 1.29 is 14.3 Å². The molecule has 0 saturated carbocycles. The first-order valence-corrected chi connectivity index (χ1v) is 7.86. The standard InChI is InChI=1S/C21H19NO3/c1-4-16-14-19(21(23)25-3)20(15-10-12-18(24-2)13-11-15)22(16)17-8-6-5-7-9-17/h4-14H,1H2,2-3H3. The van der Waals surface area contributed by atoms with Gasteiger partial charge in [-0.05, 0) is 54.1 Å². The van der Waals surface area contributed by atoms with E-state index in [-0.39, 0.29) is 5.97 Å². The minimum absolute atomic E-state index is 0.386. The number of carbonyl (C=O) groups is 1. The molecule has 3 rings (SSSR count). The minimum Gasteiger partial charge on any atom is -0.497 e. The summed E-state index contributed by atoms with van der Waals surface area (Å²) in [6, 6.07) is 19.2. The normalized spacial score (nSPS) is 10.3. The summed E-state index contributed by atoms with van der Waals surface area (Å²) in [5, 5.41) is 0. The summed E-state index contributed by atoms with van der Waals surface area (Å²) in [6.45, 7) is 3.88. The van der Waals surface area contributed by atoms with E-state index in [1.165, 1.54) is 7.11 Å². The van der Waals surface area contributed by atoms with E-state index in [0.29, 0.717) is 5.56 Å². The predicted octanol–water partition coefficient (Wildman–Crippen LogP) is 4.58. The van der Waals surface area contributed by atoms with Gasteiger partial charge in [0.25, 0.3) is 0 Å². The van der Waals surface area contributed by atoms with Gasteiger partial charge in [-0.1, -0.05) is 24.8 Å². The number of carbonyl (C=O) groups excluding carboxylic acids is 1. The van der Waals surface area contributed by atoms with E-state index in [1.54, 1.807) is 19.3 Å². The lowest BCUT2D eigenvalue weighted by atomic mass is 10.1. The molecule has 0 bridgehead atoms. The van der Waals surface area contributed by atoms with Gasteiger partial charge < -0.3 is 14.0 Å². The highest BCUT2D eigenvalue weighted by Gasteiger charge is 2.22. The molecular formula is C21H19NO3. The molecule has 0 aliphatic carbocycles. The average molecular weight is 333 g/mol. The number of aromatic nitrogens is 1. The molecule has 0 unspecified atom stereocenters. The summed E-state index contributed by atoms with van der Waals surface area (Å²) >= 11 is 0. The van der Waals surface area contributed by atoms with E-state index in [2.05, 4.69) is 6.58 Å². The van der Waals surface area contributed by atoms with Crippen LogP contribution >= 0.6 is 0 Å². The molecule has 2 aromatic carbocycles. The van der Waals surface area contributed by atoms with E-state index < -0.39 is 0 Å². The zero-order chi connectivity index (χ0) is 17.8. The van der Waals surface area contributed by atoms with Gasteiger partial charge >= 0.3 is 5.97 Å². The van der Waals surface area contributed by atoms with Crippen LogP contribution in [-0.2, 0) is 4.74 Å². The SMILES string of the molecule is C=Cc1cc(C(=O)OC)c(-c2ccc(OC)cc2)n1-c1ccccc1. The Morgan fingerprint density at radius 3 is 2.28 bits per heavy atom. The number of ether oxygens (including phenoxy) is 2. The molecule has 1 aromatic heterocycles. The second-order valence-electron chi connectivity index (χ2n) is 5.43. The third-order valence-electron chi connectivity index (χ3n) is 4.02. The summed E-state index contributed by atoms with van der Waals surface area (Å²) in [5.74, 6) is 0.369. The van der Waals surface area contributed by atoms with Crippen LogP contribution in [0.15, 0.2) is 67.2 Å². The lowest BCUT2D eigenvalue weighted by Gasteiger charge is -2.14. The molecule has 4 nitrogen and oxygen atoms in total. The van der Waals surface area contributed by atoms with Gasteiger partial charge in [-0.15, -0.1) is 0 Å². The molecule has 0 aliphatic rings. The molecule has 3 aromatic rings. The maximum absolute atomic E-state index is 12.3. The molecule has 0 amide bonds. The molecule has 0 fully saturated rings. The molecule has 0 atom stereocenters. The van der Waals surface area contributed by atoms with Crippen LogP contribution in [0, 0.1) is 0 Å². The van der Waals surface area contributed by atoms with E-state index in [9.17, 15) is 4.79 Å². The first-order valence-electron chi connectivity index (χ1n) is 7.86. The molecular weight excluding hydrogens is 314 g/mol. The molecule has 0 saturated heterocycles. The molecule has 0 spiro atoms. The number of benzene rings is 2. The zero-order valence-corrected chi connectivity index (χ0v) is 14.2. The first kappa shape index (κ1) is 16.6. The lowest BCUT2D eigenvalue weighted by Crippen LogP contribution is -2.05. The van der Waals surface area contributed by atoms with Gasteiger partial charge in [-0.3, -0.25) is 0 Å². The van der Waals surface area contributed by atoms with Gasteiger partial charge in [0.15, 0.2) is 0 Å². The number of nitrogens with zero attached hydrogens (tertiary/aromatic N) is 1. The highest BCUT2D eigenvalue weighted by Crippen LogP contribution is 2.33. The quantitative estimate of drug-likeness (QED) is 0.642. The van der Waals surface area contributed by atoms with E-state index in [0.717, 1.165) is 28.4 Å². The Hall–Kier alpha value is -3.27. The molecule has 4 heteroatoms. The lowest BCUT2D eigenvalue weighted by molar-refractivity contribution is 0.0602. The van der Waals surface area contributed by atoms with Crippen molar-refractivity contribution in [3.63, 3.8) is 0 Å². The molecule has 126 valence electrons. The number of hydrogen-bond acceptors (Lipinski definition) is 3. The summed E-state index contributed by atoms with van der Waals surface area (Å²) in [5.41, 5.74) is 3.90. The number of esters is 1. The summed E-state index contributed by atoms with van der Waals surface area (Å²) in [4.78, 5) is 12.3. The van der Waals surface area contributed by atoms with Crippen LogP contribution in [0.25, 0.3) is 23.0 Å². The second-order valence-corrected chi connectivity index (χ2v) is 5.43. The van der Waals surface area contributed by atoms with Crippen molar-refractivity contribution in [2.45, 2.75) is 0 Å². The molecule has 0 N–H and O–H groups in total. The zero-order valence-electron chi connectivity index (χ0n) is 14.2. The van der Waals surface area contributed by atoms with Crippen molar-refractivity contribution in [3.8, 4) is 22.7 Å². The Balaban J connectivity index is 2.30. The van der Waals surface area contributed by atoms with Gasteiger partial charge in [0.2, 0.25) is 0 Å². The Morgan fingerprint density at radius 2 is 1.72 bits per heavy atom. The molecule has 1 heterocycles. The summed E-state index contributed by atoms with van der Waals surface area (Å²) in [7, 11) is 3.00. The van der Waals surface area contributed by atoms with Crippen LogP contribution < -0.4 is 4.74 Å². The van der Waals surface area contributed by atoms with Crippen LogP contribution in [0.3, 0.4) is 0 Å². The van der Waals surface area contributed by atoms with Crippen molar-refractivity contribution in [2.24, 2.45) is 0 Å². The Kier molecular flexibility index (Phi) is 4.70. The van der Waals surface area contributed by atoms with Gasteiger partial charge in [0.05, 0.1) is 25.5 Å². The highest BCUT2D eigenvalue weighted by atomic mass is 16.5. The maximum Gasteiger partial charge on any atom is 0.340 e. The highest BCUT2D eigenvalue weighted by molar-refractivity contribution is 5.98. The molecule has 0 radical (unpaired) electrons. The summed E-state index contributed by atoms with van der Waals surface area (Å²) < 4.78 is 12.2. The fraction of sp³-hybridized carbons (Fsp3) is 0.0952. The fourth-order valence-electron chi connectivity index (χ4n) is 2.83. The van der Waals surface area contributed by atoms with Crippen molar-refractivity contribution in [2.75, 3.05) is 14.2 Å². The van der Waals surface area contributed by atoms with E-state index in [1.807, 2.05) is 59.2 Å². The number of hydrogen-bond donors (Lipinski definition) is 0. The first-order chi connectivity index (χ1) is 12.2. The van der Waals surface area contributed by atoms with Gasteiger partial charge in [0, 0.05) is 11.4 Å². The third-order valence-corrected chi connectivity index (χ3v) is 4.02. The minimum atomic E-state index is -0.386. The third kappa shape index (κ3) is 3.06. The fourth-order valence-corrected chi connectivity index (χ4v) is 2.83. The largest absolute Gasteiger partial charge is 0.497 e. The predicted molar refractivity (Wildman–Crippen MR) is 99.2 cm³/mol. The Labute approximate surface area is 146 Å².